The molecule has 1 rings (SSSR count). The van der Waals surface area contributed by atoms with Crippen molar-refractivity contribution in [2.24, 2.45) is 0 Å². The summed E-state index contributed by atoms with van der Waals surface area (Å²) in [6.45, 7) is 1.49. The Morgan fingerprint density at radius 2 is 2.07 bits per heavy atom. The molecular weight excluding hydrogens is 178 g/mol. The Kier molecular flexibility index (Phi) is 3.38. The van der Waals surface area contributed by atoms with Crippen molar-refractivity contribution < 1.29 is 9.90 Å². The zero-order valence-corrected chi connectivity index (χ0v) is 7.90. The lowest BCUT2D eigenvalue weighted by Gasteiger charge is -2.06. The molecule has 3 heteroatoms. The molecule has 72 valence electrons. The van der Waals surface area contributed by atoms with Crippen molar-refractivity contribution >= 4 is 5.78 Å². The number of nitrogens with zero attached hydrogens (tertiary/aromatic N) is 1. The number of nitriles is 1. The van der Waals surface area contributed by atoms with Crippen LogP contribution in [0.5, 0.6) is 0 Å². The number of aliphatic hydroxyl groups is 1. The molecule has 0 fully saturated rings. The first-order valence-electron chi connectivity index (χ1n) is 4.31. The van der Waals surface area contributed by atoms with E-state index in [1.54, 1.807) is 24.3 Å². The van der Waals surface area contributed by atoms with Crippen LogP contribution in [0.25, 0.3) is 0 Å². The molecule has 0 saturated carbocycles. The number of carbonyl (C=O) groups is 1. The van der Waals surface area contributed by atoms with Gasteiger partial charge in [0.05, 0.1) is 18.6 Å². The zero-order valence-electron chi connectivity index (χ0n) is 7.90. The maximum atomic E-state index is 10.9. The van der Waals surface area contributed by atoms with Gasteiger partial charge in [0.1, 0.15) is 0 Å². The normalized spacial score (nSPS) is 11.8. The molecule has 3 nitrogen and oxygen atoms in total. The molecule has 0 aliphatic carbocycles. The molecule has 0 unspecified atom stereocenters. The van der Waals surface area contributed by atoms with Crippen LogP contribution in [0.15, 0.2) is 24.3 Å². The minimum atomic E-state index is -0.763. The maximum Gasteiger partial charge on any atom is 0.159 e. The van der Waals surface area contributed by atoms with Crippen LogP contribution < -0.4 is 0 Å². The number of ketones is 1. The van der Waals surface area contributed by atoms with E-state index in [1.807, 2.05) is 6.07 Å². The zero-order chi connectivity index (χ0) is 10.6. The third-order valence-electron chi connectivity index (χ3n) is 1.99. The van der Waals surface area contributed by atoms with E-state index in [-0.39, 0.29) is 12.2 Å². The smallest absolute Gasteiger partial charge is 0.159 e. The van der Waals surface area contributed by atoms with Crippen molar-refractivity contribution in [2.75, 3.05) is 0 Å². The van der Waals surface area contributed by atoms with Crippen LogP contribution in [0, 0.1) is 11.3 Å². The lowest BCUT2D eigenvalue weighted by atomic mass is 10.0. The first-order valence-corrected chi connectivity index (χ1v) is 4.31. The van der Waals surface area contributed by atoms with Gasteiger partial charge >= 0.3 is 0 Å². The summed E-state index contributed by atoms with van der Waals surface area (Å²) in [4.78, 5) is 10.9. The van der Waals surface area contributed by atoms with E-state index in [2.05, 4.69) is 0 Å². The minimum absolute atomic E-state index is 0.00803. The van der Waals surface area contributed by atoms with Gasteiger partial charge in [-0.3, -0.25) is 4.79 Å². The Hall–Kier alpha value is -1.66. The molecule has 0 saturated heterocycles. The second-order valence-electron chi connectivity index (χ2n) is 3.06. The number of hydrogen-bond acceptors (Lipinski definition) is 3. The molecule has 0 aromatic heterocycles. The molecule has 1 atom stereocenters. The predicted octanol–water partition coefficient (Wildman–Crippen LogP) is 1.84. The van der Waals surface area contributed by atoms with Gasteiger partial charge in [-0.05, 0) is 12.5 Å². The number of hydrogen-bond donors (Lipinski definition) is 1. The molecule has 1 aromatic rings. The summed E-state index contributed by atoms with van der Waals surface area (Å²) in [6.07, 6.45) is -0.694. The van der Waals surface area contributed by atoms with Gasteiger partial charge in [-0.15, -0.1) is 0 Å². The first-order chi connectivity index (χ1) is 6.65. The van der Waals surface area contributed by atoms with Gasteiger partial charge in [0.2, 0.25) is 0 Å². The van der Waals surface area contributed by atoms with Crippen LogP contribution in [0.4, 0.5) is 0 Å². The van der Waals surface area contributed by atoms with Gasteiger partial charge in [0, 0.05) is 5.56 Å². The Balaban J connectivity index is 2.84. The first kappa shape index (κ1) is 10.4. The highest BCUT2D eigenvalue weighted by Crippen LogP contribution is 2.16. The van der Waals surface area contributed by atoms with E-state index >= 15 is 0 Å². The average molecular weight is 189 g/mol. The Morgan fingerprint density at radius 3 is 2.50 bits per heavy atom. The summed E-state index contributed by atoms with van der Waals surface area (Å²) >= 11 is 0. The van der Waals surface area contributed by atoms with E-state index in [9.17, 15) is 9.90 Å². The molecule has 0 aliphatic heterocycles. The molecule has 1 aromatic carbocycles. The average Bonchev–Trinajstić information content (AvgIpc) is 2.18. The molecule has 0 bridgehead atoms. The van der Waals surface area contributed by atoms with Gasteiger partial charge in [0.25, 0.3) is 0 Å². The quantitative estimate of drug-likeness (QED) is 0.738. The van der Waals surface area contributed by atoms with Gasteiger partial charge in [-0.2, -0.15) is 5.26 Å². The van der Waals surface area contributed by atoms with Crippen molar-refractivity contribution in [2.45, 2.75) is 19.4 Å². The van der Waals surface area contributed by atoms with Crippen molar-refractivity contribution in [3.8, 4) is 6.07 Å². The predicted molar refractivity (Wildman–Crippen MR) is 51.6 cm³/mol. The number of carbonyl (C=O) groups excluding carboxylic acids is 1. The van der Waals surface area contributed by atoms with Crippen LogP contribution >= 0.6 is 0 Å². The highest BCUT2D eigenvalue weighted by molar-refractivity contribution is 5.94. The third-order valence-corrected chi connectivity index (χ3v) is 1.99. The molecule has 1 N–H and O–H groups in total. The Morgan fingerprint density at radius 1 is 1.50 bits per heavy atom. The van der Waals surface area contributed by atoms with Crippen LogP contribution in [0.2, 0.25) is 0 Å². The fraction of sp³-hybridized carbons (Fsp3) is 0.273. The summed E-state index contributed by atoms with van der Waals surface area (Å²) in [5.74, 6) is -0.00803. The van der Waals surface area contributed by atoms with E-state index < -0.39 is 6.10 Å². The van der Waals surface area contributed by atoms with Crippen molar-refractivity contribution in [1.29, 1.82) is 5.26 Å². The molecule has 0 amide bonds. The van der Waals surface area contributed by atoms with Crippen LogP contribution in [-0.4, -0.2) is 10.9 Å². The lowest BCUT2D eigenvalue weighted by molar-refractivity contribution is 0.101. The van der Waals surface area contributed by atoms with E-state index in [4.69, 9.17) is 5.26 Å². The fourth-order valence-corrected chi connectivity index (χ4v) is 1.14. The highest BCUT2D eigenvalue weighted by Gasteiger charge is 2.06. The molecule has 0 spiro atoms. The number of aliphatic hydroxyl groups excluding tert-OH is 1. The molecule has 0 radical (unpaired) electrons. The summed E-state index contributed by atoms with van der Waals surface area (Å²) in [7, 11) is 0. The van der Waals surface area contributed by atoms with Gasteiger partial charge in [-0.1, -0.05) is 24.3 Å². The monoisotopic (exact) mass is 189 g/mol. The fourth-order valence-electron chi connectivity index (χ4n) is 1.14. The van der Waals surface area contributed by atoms with Crippen molar-refractivity contribution in [3.63, 3.8) is 0 Å². The Bertz CT molecular complexity index is 362. The van der Waals surface area contributed by atoms with E-state index in [0.29, 0.717) is 11.1 Å². The summed E-state index contributed by atoms with van der Waals surface area (Å²) in [6, 6.07) is 8.52. The molecule has 0 heterocycles. The molecular formula is C11H11NO2. The van der Waals surface area contributed by atoms with E-state index in [1.165, 1.54) is 6.92 Å². The second kappa shape index (κ2) is 4.54. The summed E-state index contributed by atoms with van der Waals surface area (Å²) in [5, 5.41) is 17.8. The third kappa shape index (κ3) is 2.41. The van der Waals surface area contributed by atoms with Crippen molar-refractivity contribution in [1.82, 2.24) is 0 Å². The summed E-state index contributed by atoms with van der Waals surface area (Å²) < 4.78 is 0. The van der Waals surface area contributed by atoms with Gasteiger partial charge in [0.15, 0.2) is 5.78 Å². The van der Waals surface area contributed by atoms with Crippen LogP contribution in [0.3, 0.4) is 0 Å². The van der Waals surface area contributed by atoms with Crippen LogP contribution in [0.1, 0.15) is 35.4 Å². The molecule has 0 aliphatic rings. The number of rotatable bonds is 3. The maximum absolute atomic E-state index is 10.9. The highest BCUT2D eigenvalue weighted by atomic mass is 16.3. The van der Waals surface area contributed by atoms with E-state index in [0.717, 1.165) is 0 Å². The second-order valence-corrected chi connectivity index (χ2v) is 3.06. The standard InChI is InChI=1S/C11H11NO2/c1-8(13)9-2-4-10(5-3-9)11(14)6-7-12/h2-5,11,14H,6H2,1H3/t11-/m1/s1. The van der Waals surface area contributed by atoms with Crippen LogP contribution in [-0.2, 0) is 0 Å². The SMILES string of the molecule is CC(=O)c1ccc([C@H](O)CC#N)cc1. The topological polar surface area (TPSA) is 61.1 Å². The van der Waals surface area contributed by atoms with Gasteiger partial charge in [-0.25, -0.2) is 0 Å². The minimum Gasteiger partial charge on any atom is -0.387 e. The van der Waals surface area contributed by atoms with Crippen molar-refractivity contribution in [3.05, 3.63) is 35.4 Å². The number of Topliss-reactive ketones (excluding diaryl/α,β-unsaturated/α-hetero) is 1. The Labute approximate surface area is 82.6 Å². The largest absolute Gasteiger partial charge is 0.387 e. The summed E-state index contributed by atoms with van der Waals surface area (Å²) in [5.41, 5.74) is 1.27. The number of benzene rings is 1. The van der Waals surface area contributed by atoms with Gasteiger partial charge < -0.3 is 5.11 Å². The molecule has 14 heavy (non-hydrogen) atoms. The lowest BCUT2D eigenvalue weighted by Crippen LogP contribution is -1.97.